The fourth-order valence-electron chi connectivity index (χ4n) is 2.32. The molecule has 1 saturated carbocycles. The minimum absolute atomic E-state index is 0. The van der Waals surface area contributed by atoms with Crippen LogP contribution in [-0.2, 0) is 4.79 Å². The second kappa shape index (κ2) is 10.0. The molecule has 0 aromatic heterocycles. The van der Waals surface area contributed by atoms with Gasteiger partial charge in [-0.25, -0.2) is 0 Å². The molecule has 3 nitrogen and oxygen atoms in total. The Hall–Kier alpha value is 0.0700. The number of rotatable bonds is 7. The molecule has 3 N–H and O–H groups in total. The van der Waals surface area contributed by atoms with Gasteiger partial charge in [0.2, 0.25) is 5.91 Å². The van der Waals surface area contributed by atoms with Crippen molar-refractivity contribution in [3.8, 4) is 0 Å². The summed E-state index contributed by atoms with van der Waals surface area (Å²) in [4.78, 5) is 11.7. The number of nitrogens with two attached hydrogens (primary N) is 1. The number of unbranched alkanes of at least 4 members (excludes halogenated alkanes) is 1. The Morgan fingerprint density at radius 2 is 2.18 bits per heavy atom. The molecule has 0 saturated heterocycles. The zero-order valence-corrected chi connectivity index (χ0v) is 12.2. The first-order valence-corrected chi connectivity index (χ1v) is 7.65. The summed E-state index contributed by atoms with van der Waals surface area (Å²) in [6, 6.07) is 0.345. The predicted octanol–water partition coefficient (Wildman–Crippen LogP) is 2.19. The molecule has 0 bridgehead atoms. The van der Waals surface area contributed by atoms with Crippen LogP contribution in [0.2, 0.25) is 0 Å². The molecule has 0 aromatic rings. The van der Waals surface area contributed by atoms with Gasteiger partial charge in [-0.1, -0.05) is 6.42 Å². The lowest BCUT2D eigenvalue weighted by molar-refractivity contribution is -0.122. The van der Waals surface area contributed by atoms with Crippen molar-refractivity contribution >= 4 is 30.1 Å². The fraction of sp³-hybridized carbons (Fsp3) is 0.917. The highest BCUT2D eigenvalue weighted by molar-refractivity contribution is 7.98. The van der Waals surface area contributed by atoms with Gasteiger partial charge in [0.25, 0.3) is 0 Å². The summed E-state index contributed by atoms with van der Waals surface area (Å²) in [5.74, 6) is 1.88. The Kier molecular flexibility index (Phi) is 10.1. The van der Waals surface area contributed by atoms with E-state index in [1.165, 1.54) is 12.8 Å². The number of carbonyl (C=O) groups is 1. The molecule has 0 radical (unpaired) electrons. The number of halogens is 1. The number of nitrogens with one attached hydrogen (secondary N) is 1. The lowest BCUT2D eigenvalue weighted by Gasteiger charge is -2.19. The largest absolute Gasteiger partial charge is 0.353 e. The van der Waals surface area contributed by atoms with Gasteiger partial charge in [0, 0.05) is 12.5 Å². The monoisotopic (exact) mass is 280 g/mol. The van der Waals surface area contributed by atoms with Crippen LogP contribution in [0.1, 0.15) is 38.5 Å². The Morgan fingerprint density at radius 1 is 1.41 bits per heavy atom. The number of thioether (sulfide) groups is 1. The zero-order valence-electron chi connectivity index (χ0n) is 10.6. The number of carbonyl (C=O) groups excluding carboxylic acids is 1. The van der Waals surface area contributed by atoms with Crippen molar-refractivity contribution in [3.05, 3.63) is 0 Å². The van der Waals surface area contributed by atoms with Crippen LogP contribution in [0, 0.1) is 5.92 Å². The second-order valence-corrected chi connectivity index (χ2v) is 5.54. The lowest BCUT2D eigenvalue weighted by atomic mass is 10.0. The van der Waals surface area contributed by atoms with Gasteiger partial charge in [-0.2, -0.15) is 11.8 Å². The van der Waals surface area contributed by atoms with E-state index >= 15 is 0 Å². The maximum Gasteiger partial charge on any atom is 0.220 e. The number of amides is 1. The van der Waals surface area contributed by atoms with Gasteiger partial charge in [0.15, 0.2) is 0 Å². The molecule has 2 unspecified atom stereocenters. The van der Waals surface area contributed by atoms with Gasteiger partial charge < -0.3 is 11.1 Å². The highest BCUT2D eigenvalue weighted by Crippen LogP contribution is 2.24. The van der Waals surface area contributed by atoms with E-state index in [9.17, 15) is 4.79 Å². The molecule has 2 atom stereocenters. The molecule has 1 rings (SSSR count). The lowest BCUT2D eigenvalue weighted by Crippen LogP contribution is -2.39. The van der Waals surface area contributed by atoms with Gasteiger partial charge in [-0.3, -0.25) is 4.79 Å². The van der Waals surface area contributed by atoms with Crippen LogP contribution in [0.25, 0.3) is 0 Å². The third kappa shape index (κ3) is 6.53. The van der Waals surface area contributed by atoms with Crippen molar-refractivity contribution in [2.75, 3.05) is 18.6 Å². The Bertz CT molecular complexity index is 217. The Morgan fingerprint density at radius 3 is 2.82 bits per heavy atom. The average Bonchev–Trinajstić information content (AvgIpc) is 2.71. The summed E-state index contributed by atoms with van der Waals surface area (Å²) in [7, 11) is 0. The normalized spacial score (nSPS) is 23.2. The topological polar surface area (TPSA) is 55.1 Å². The summed E-state index contributed by atoms with van der Waals surface area (Å²) in [6.45, 7) is 0.706. The molecule has 0 aromatic carbocycles. The Labute approximate surface area is 115 Å². The van der Waals surface area contributed by atoms with Gasteiger partial charge in [0.05, 0.1) is 0 Å². The fourth-order valence-corrected chi connectivity index (χ4v) is 2.81. The van der Waals surface area contributed by atoms with Crippen LogP contribution in [-0.4, -0.2) is 30.5 Å². The standard InChI is InChI=1S/C12H24N2OS.ClH/c1-16-8-3-2-7-12(15)14-11-6-4-5-10(11)9-13;/h10-11H,2-9,13H2,1H3,(H,14,15);1H. The number of hydrogen-bond donors (Lipinski definition) is 2. The van der Waals surface area contributed by atoms with Crippen molar-refractivity contribution < 1.29 is 4.79 Å². The van der Waals surface area contributed by atoms with E-state index in [1.807, 2.05) is 11.8 Å². The van der Waals surface area contributed by atoms with Gasteiger partial charge in [0.1, 0.15) is 0 Å². The van der Waals surface area contributed by atoms with Crippen LogP contribution in [0.5, 0.6) is 0 Å². The highest BCUT2D eigenvalue weighted by Gasteiger charge is 2.26. The molecule has 0 aliphatic heterocycles. The molecule has 0 heterocycles. The molecule has 102 valence electrons. The van der Waals surface area contributed by atoms with E-state index in [2.05, 4.69) is 11.6 Å². The third-order valence-electron chi connectivity index (χ3n) is 3.31. The van der Waals surface area contributed by atoms with Crippen molar-refractivity contribution in [1.29, 1.82) is 0 Å². The summed E-state index contributed by atoms with van der Waals surface area (Å²) in [5.41, 5.74) is 5.69. The highest BCUT2D eigenvalue weighted by atomic mass is 35.5. The summed E-state index contributed by atoms with van der Waals surface area (Å²) in [6.07, 6.45) is 8.41. The van der Waals surface area contributed by atoms with Crippen molar-refractivity contribution in [2.45, 2.75) is 44.6 Å². The van der Waals surface area contributed by atoms with E-state index in [4.69, 9.17) is 5.73 Å². The van der Waals surface area contributed by atoms with Gasteiger partial charge >= 0.3 is 0 Å². The molecule has 1 fully saturated rings. The molecule has 5 heteroatoms. The predicted molar refractivity (Wildman–Crippen MR) is 77.8 cm³/mol. The summed E-state index contributed by atoms with van der Waals surface area (Å²) < 4.78 is 0. The van der Waals surface area contributed by atoms with E-state index in [1.54, 1.807) is 0 Å². The van der Waals surface area contributed by atoms with Crippen molar-refractivity contribution in [3.63, 3.8) is 0 Å². The zero-order chi connectivity index (χ0) is 11.8. The van der Waals surface area contributed by atoms with Crippen molar-refractivity contribution in [2.24, 2.45) is 11.7 Å². The second-order valence-electron chi connectivity index (χ2n) is 4.55. The van der Waals surface area contributed by atoms with Gasteiger partial charge in [-0.05, 0) is 50.2 Å². The van der Waals surface area contributed by atoms with Crippen molar-refractivity contribution in [1.82, 2.24) is 5.32 Å². The SMILES string of the molecule is CSCCCCC(=O)NC1CCCC1CN.Cl. The Balaban J connectivity index is 0.00000256. The van der Waals surface area contributed by atoms with E-state index in [0.717, 1.165) is 25.0 Å². The average molecular weight is 281 g/mol. The number of hydrogen-bond acceptors (Lipinski definition) is 3. The van der Waals surface area contributed by atoms with E-state index in [0.29, 0.717) is 24.9 Å². The summed E-state index contributed by atoms with van der Waals surface area (Å²) >= 11 is 1.84. The van der Waals surface area contributed by atoms with E-state index in [-0.39, 0.29) is 18.3 Å². The molecular weight excluding hydrogens is 256 g/mol. The molecule has 17 heavy (non-hydrogen) atoms. The smallest absolute Gasteiger partial charge is 0.220 e. The maximum atomic E-state index is 11.7. The molecular formula is C12H25ClN2OS. The van der Waals surface area contributed by atoms with Gasteiger partial charge in [-0.15, -0.1) is 12.4 Å². The summed E-state index contributed by atoms with van der Waals surface area (Å²) in [5, 5.41) is 3.13. The minimum atomic E-state index is 0. The third-order valence-corrected chi connectivity index (χ3v) is 4.01. The minimum Gasteiger partial charge on any atom is -0.353 e. The van der Waals surface area contributed by atoms with Crippen LogP contribution in [0.15, 0.2) is 0 Å². The first-order valence-electron chi connectivity index (χ1n) is 6.26. The van der Waals surface area contributed by atoms with Crippen LogP contribution >= 0.6 is 24.2 Å². The van der Waals surface area contributed by atoms with Crippen LogP contribution in [0.4, 0.5) is 0 Å². The quantitative estimate of drug-likeness (QED) is 0.703. The van der Waals surface area contributed by atoms with E-state index < -0.39 is 0 Å². The van der Waals surface area contributed by atoms with Crippen LogP contribution in [0.3, 0.4) is 0 Å². The molecule has 1 aliphatic carbocycles. The maximum absolute atomic E-state index is 11.7. The first-order chi connectivity index (χ1) is 7.77. The molecule has 1 aliphatic rings. The molecule has 0 spiro atoms. The first kappa shape index (κ1) is 17.1. The molecule has 1 amide bonds. The van der Waals surface area contributed by atoms with Crippen LogP contribution < -0.4 is 11.1 Å².